The molecule has 2 rings (SSSR count). The molecule has 0 unspecified atom stereocenters. The number of hydrogen-bond acceptors (Lipinski definition) is 5. The van der Waals surface area contributed by atoms with E-state index in [2.05, 4.69) is 10.5 Å². The van der Waals surface area contributed by atoms with Crippen LogP contribution in [0.1, 0.15) is 15.9 Å². The Labute approximate surface area is 139 Å². The fourth-order valence-corrected chi connectivity index (χ4v) is 1.86. The van der Waals surface area contributed by atoms with E-state index in [1.54, 1.807) is 48.5 Å². The van der Waals surface area contributed by atoms with Crippen LogP contribution < -0.4 is 20.6 Å². The minimum Gasteiger partial charge on any atom is -0.497 e. The van der Waals surface area contributed by atoms with Crippen LogP contribution in [0, 0.1) is 0 Å². The SMILES string of the molecule is COc1cccc(C(=O)N/N=C/c2ccccc2OCC(N)=O)c1. The second-order valence-electron chi connectivity index (χ2n) is 4.72. The molecule has 0 atom stereocenters. The fraction of sp³-hybridized carbons (Fsp3) is 0.118. The monoisotopic (exact) mass is 327 g/mol. The highest BCUT2D eigenvalue weighted by atomic mass is 16.5. The summed E-state index contributed by atoms with van der Waals surface area (Å²) in [6, 6.07) is 13.7. The van der Waals surface area contributed by atoms with Crippen molar-refractivity contribution in [3.63, 3.8) is 0 Å². The number of amides is 2. The molecule has 0 aliphatic heterocycles. The number of nitrogens with zero attached hydrogens (tertiary/aromatic N) is 1. The molecule has 0 aliphatic carbocycles. The quantitative estimate of drug-likeness (QED) is 0.591. The molecule has 7 nitrogen and oxygen atoms in total. The van der Waals surface area contributed by atoms with E-state index in [4.69, 9.17) is 15.2 Å². The van der Waals surface area contributed by atoms with E-state index in [1.807, 2.05) is 0 Å². The Hall–Kier alpha value is -3.35. The van der Waals surface area contributed by atoms with Crippen LogP contribution in [0.2, 0.25) is 0 Å². The molecule has 0 fully saturated rings. The fourth-order valence-electron chi connectivity index (χ4n) is 1.86. The topological polar surface area (TPSA) is 103 Å². The van der Waals surface area contributed by atoms with Crippen molar-refractivity contribution in [3.05, 3.63) is 59.7 Å². The number of ether oxygens (including phenoxy) is 2. The molecule has 3 N–H and O–H groups in total. The summed E-state index contributed by atoms with van der Waals surface area (Å²) in [7, 11) is 1.53. The Bertz CT molecular complexity index is 759. The molecule has 2 aromatic carbocycles. The number of nitrogens with two attached hydrogens (primary N) is 1. The van der Waals surface area contributed by atoms with Crippen molar-refractivity contribution < 1.29 is 19.1 Å². The Morgan fingerprint density at radius 3 is 2.75 bits per heavy atom. The second kappa shape index (κ2) is 8.33. The molecule has 124 valence electrons. The van der Waals surface area contributed by atoms with Gasteiger partial charge < -0.3 is 15.2 Å². The van der Waals surface area contributed by atoms with Gasteiger partial charge in [-0.3, -0.25) is 9.59 Å². The summed E-state index contributed by atoms with van der Waals surface area (Å²) in [6.07, 6.45) is 1.42. The van der Waals surface area contributed by atoms with Gasteiger partial charge in [0.2, 0.25) is 0 Å². The molecule has 24 heavy (non-hydrogen) atoms. The average molecular weight is 327 g/mol. The first-order valence-electron chi connectivity index (χ1n) is 7.07. The zero-order valence-electron chi connectivity index (χ0n) is 13.1. The lowest BCUT2D eigenvalue weighted by Gasteiger charge is -2.06. The van der Waals surface area contributed by atoms with Gasteiger partial charge in [-0.15, -0.1) is 0 Å². The molecule has 2 aromatic rings. The first-order chi connectivity index (χ1) is 11.6. The normalized spacial score (nSPS) is 10.4. The lowest BCUT2D eigenvalue weighted by Crippen LogP contribution is -2.20. The maximum absolute atomic E-state index is 12.0. The maximum Gasteiger partial charge on any atom is 0.271 e. The summed E-state index contributed by atoms with van der Waals surface area (Å²) >= 11 is 0. The lowest BCUT2D eigenvalue weighted by atomic mass is 10.2. The van der Waals surface area contributed by atoms with Crippen molar-refractivity contribution in [2.24, 2.45) is 10.8 Å². The number of nitrogens with one attached hydrogen (secondary N) is 1. The highest BCUT2D eigenvalue weighted by molar-refractivity contribution is 5.95. The first kappa shape index (κ1) is 17.0. The third kappa shape index (κ3) is 4.84. The molecular weight excluding hydrogens is 310 g/mol. The van der Waals surface area contributed by atoms with Crippen LogP contribution in [-0.4, -0.2) is 31.7 Å². The van der Waals surface area contributed by atoms with Crippen LogP contribution in [-0.2, 0) is 4.79 Å². The standard InChI is InChI=1S/C17H17N3O4/c1-23-14-7-4-6-12(9-14)17(22)20-19-10-13-5-2-3-8-15(13)24-11-16(18)21/h2-10H,11H2,1H3,(H2,18,21)(H,20,22)/b19-10+. The van der Waals surface area contributed by atoms with Gasteiger partial charge in [-0.1, -0.05) is 18.2 Å². The summed E-state index contributed by atoms with van der Waals surface area (Å²) in [6.45, 7) is -0.235. The van der Waals surface area contributed by atoms with Crippen molar-refractivity contribution in [3.8, 4) is 11.5 Å². The highest BCUT2D eigenvalue weighted by Gasteiger charge is 2.06. The number of benzene rings is 2. The molecule has 0 spiro atoms. The van der Waals surface area contributed by atoms with E-state index in [9.17, 15) is 9.59 Å². The van der Waals surface area contributed by atoms with Gasteiger partial charge >= 0.3 is 0 Å². The smallest absolute Gasteiger partial charge is 0.271 e. The van der Waals surface area contributed by atoms with E-state index in [-0.39, 0.29) is 12.5 Å². The van der Waals surface area contributed by atoms with E-state index < -0.39 is 5.91 Å². The second-order valence-corrected chi connectivity index (χ2v) is 4.72. The zero-order valence-corrected chi connectivity index (χ0v) is 13.1. The lowest BCUT2D eigenvalue weighted by molar-refractivity contribution is -0.119. The predicted octanol–water partition coefficient (Wildman–Crippen LogP) is 1.32. The summed E-state index contributed by atoms with van der Waals surface area (Å²) in [4.78, 5) is 22.8. The van der Waals surface area contributed by atoms with Gasteiger partial charge in [0.05, 0.1) is 13.3 Å². The Balaban J connectivity index is 2.03. The van der Waals surface area contributed by atoms with Gasteiger partial charge in [0.15, 0.2) is 6.61 Å². The molecule has 2 amide bonds. The average Bonchev–Trinajstić information content (AvgIpc) is 2.60. The van der Waals surface area contributed by atoms with Crippen LogP contribution >= 0.6 is 0 Å². The molecule has 0 bridgehead atoms. The largest absolute Gasteiger partial charge is 0.497 e. The van der Waals surface area contributed by atoms with Crippen molar-refractivity contribution in [2.45, 2.75) is 0 Å². The van der Waals surface area contributed by atoms with E-state index in [0.29, 0.717) is 22.6 Å². The van der Waals surface area contributed by atoms with E-state index in [1.165, 1.54) is 13.3 Å². The maximum atomic E-state index is 12.0. The third-order valence-corrected chi connectivity index (χ3v) is 2.99. The summed E-state index contributed by atoms with van der Waals surface area (Å²) < 4.78 is 10.3. The Kier molecular flexibility index (Phi) is 5.90. The van der Waals surface area contributed by atoms with Crippen LogP contribution in [0.4, 0.5) is 0 Å². The number of para-hydroxylation sites is 1. The number of rotatable bonds is 7. The van der Waals surface area contributed by atoms with Gasteiger partial charge in [0.25, 0.3) is 11.8 Å². The summed E-state index contributed by atoms with van der Waals surface area (Å²) in [5, 5.41) is 3.90. The predicted molar refractivity (Wildman–Crippen MR) is 89.2 cm³/mol. The van der Waals surface area contributed by atoms with Gasteiger partial charge in [-0.2, -0.15) is 5.10 Å². The molecule has 0 aliphatic rings. The first-order valence-corrected chi connectivity index (χ1v) is 7.07. The number of hydrogen-bond donors (Lipinski definition) is 2. The third-order valence-electron chi connectivity index (χ3n) is 2.99. The number of methoxy groups -OCH3 is 1. The van der Waals surface area contributed by atoms with Crippen LogP contribution in [0.3, 0.4) is 0 Å². The summed E-state index contributed by atoms with van der Waals surface area (Å²) in [5.41, 5.74) is 8.49. The van der Waals surface area contributed by atoms with Crippen LogP contribution in [0.5, 0.6) is 11.5 Å². The van der Waals surface area contributed by atoms with Crippen LogP contribution in [0.25, 0.3) is 0 Å². The number of carbonyl (C=O) groups excluding carboxylic acids is 2. The molecule has 0 saturated heterocycles. The van der Waals surface area contributed by atoms with Gasteiger partial charge in [0.1, 0.15) is 11.5 Å². The highest BCUT2D eigenvalue weighted by Crippen LogP contribution is 2.15. The Morgan fingerprint density at radius 1 is 1.21 bits per heavy atom. The van der Waals surface area contributed by atoms with Crippen molar-refractivity contribution in [1.29, 1.82) is 0 Å². The van der Waals surface area contributed by atoms with Gasteiger partial charge in [-0.05, 0) is 30.3 Å². The molecule has 7 heteroatoms. The zero-order chi connectivity index (χ0) is 17.4. The Morgan fingerprint density at radius 2 is 2.00 bits per heavy atom. The van der Waals surface area contributed by atoms with Crippen molar-refractivity contribution in [2.75, 3.05) is 13.7 Å². The molecular formula is C17H17N3O4. The molecule has 0 saturated carbocycles. The number of hydrazone groups is 1. The van der Waals surface area contributed by atoms with Crippen molar-refractivity contribution >= 4 is 18.0 Å². The minimum atomic E-state index is -0.576. The summed E-state index contributed by atoms with van der Waals surface area (Å²) in [5.74, 6) is 0.0706. The van der Waals surface area contributed by atoms with E-state index >= 15 is 0 Å². The molecule has 0 heterocycles. The van der Waals surface area contributed by atoms with Gasteiger partial charge in [-0.25, -0.2) is 5.43 Å². The molecule has 0 aromatic heterocycles. The van der Waals surface area contributed by atoms with E-state index in [0.717, 1.165) is 0 Å². The van der Waals surface area contributed by atoms with Crippen LogP contribution in [0.15, 0.2) is 53.6 Å². The minimum absolute atomic E-state index is 0.235. The van der Waals surface area contributed by atoms with Gasteiger partial charge in [0, 0.05) is 11.1 Å². The number of primary amides is 1. The van der Waals surface area contributed by atoms with Crippen molar-refractivity contribution in [1.82, 2.24) is 5.43 Å². The number of carbonyl (C=O) groups is 2. The molecule has 0 radical (unpaired) electrons.